The topological polar surface area (TPSA) is 94.0 Å². The van der Waals surface area contributed by atoms with Crippen LogP contribution in [-0.4, -0.2) is 31.6 Å². The second-order valence-corrected chi connectivity index (χ2v) is 5.27. The van der Waals surface area contributed by atoms with Gasteiger partial charge in [-0.1, -0.05) is 11.8 Å². The lowest BCUT2D eigenvalue weighted by Gasteiger charge is -2.17. The lowest BCUT2D eigenvalue weighted by molar-refractivity contribution is -0.145. The Kier molecular flexibility index (Phi) is 4.53. The fourth-order valence-electron chi connectivity index (χ4n) is 1.20. The number of carboxylic acids is 1. The Hall–Kier alpha value is -1.08. The number of rotatable bonds is 6. The van der Waals surface area contributed by atoms with Crippen molar-refractivity contribution in [2.75, 3.05) is 5.75 Å². The summed E-state index contributed by atoms with van der Waals surface area (Å²) in [5.41, 5.74) is 4.76. The van der Waals surface area contributed by atoms with E-state index in [4.69, 9.17) is 10.8 Å². The molecule has 0 bridgehead atoms. The van der Waals surface area contributed by atoms with Crippen molar-refractivity contribution in [3.05, 3.63) is 5.82 Å². The maximum absolute atomic E-state index is 11.0. The number of nitrogens with two attached hydrogens (primary N) is 1. The van der Waals surface area contributed by atoms with Gasteiger partial charge < -0.3 is 15.4 Å². The molecular formula is C10H18N4O2S. The molecule has 1 aromatic heterocycles. The van der Waals surface area contributed by atoms with E-state index in [-0.39, 0.29) is 0 Å². The Morgan fingerprint density at radius 1 is 1.53 bits per heavy atom. The Balaban J connectivity index is 2.76. The van der Waals surface area contributed by atoms with Crippen molar-refractivity contribution in [3.8, 4) is 0 Å². The monoisotopic (exact) mass is 258 g/mol. The molecule has 0 aliphatic carbocycles. The number of aliphatic carboxylic acids is 1. The molecule has 0 atom stereocenters. The van der Waals surface area contributed by atoms with Crippen LogP contribution in [0.2, 0.25) is 0 Å². The van der Waals surface area contributed by atoms with E-state index in [9.17, 15) is 4.79 Å². The van der Waals surface area contributed by atoms with Gasteiger partial charge >= 0.3 is 5.97 Å². The minimum absolute atomic E-state index is 0.337. The summed E-state index contributed by atoms with van der Waals surface area (Å²) in [4.78, 5) is 11.0. The Labute approximate surface area is 105 Å². The van der Waals surface area contributed by atoms with Crippen molar-refractivity contribution in [2.24, 2.45) is 11.1 Å². The second kappa shape index (κ2) is 5.50. The summed E-state index contributed by atoms with van der Waals surface area (Å²) in [6.07, 6.45) is 0. The van der Waals surface area contributed by atoms with Gasteiger partial charge in [-0.15, -0.1) is 10.2 Å². The summed E-state index contributed by atoms with van der Waals surface area (Å²) >= 11 is 1.40. The first-order valence-electron chi connectivity index (χ1n) is 5.40. The third-order valence-electron chi connectivity index (χ3n) is 2.43. The maximum atomic E-state index is 11.0. The number of hydrogen-bond acceptors (Lipinski definition) is 5. The molecule has 1 rings (SSSR count). The molecule has 3 N–H and O–H groups in total. The highest BCUT2D eigenvalue weighted by atomic mass is 32.2. The van der Waals surface area contributed by atoms with Gasteiger partial charge in [-0.2, -0.15) is 0 Å². The van der Waals surface area contributed by atoms with Gasteiger partial charge in [-0.25, -0.2) is 0 Å². The molecule has 0 spiro atoms. The molecule has 7 heteroatoms. The van der Waals surface area contributed by atoms with Crippen LogP contribution < -0.4 is 5.73 Å². The van der Waals surface area contributed by atoms with E-state index in [2.05, 4.69) is 10.2 Å². The van der Waals surface area contributed by atoms with E-state index in [0.29, 0.717) is 12.3 Å². The van der Waals surface area contributed by atoms with Gasteiger partial charge in [0.1, 0.15) is 5.82 Å². The van der Waals surface area contributed by atoms with Crippen LogP contribution in [0.25, 0.3) is 0 Å². The van der Waals surface area contributed by atoms with Gasteiger partial charge in [0.2, 0.25) is 0 Å². The summed E-state index contributed by atoms with van der Waals surface area (Å²) in [5, 5.41) is 17.7. The van der Waals surface area contributed by atoms with Crippen molar-refractivity contribution >= 4 is 17.7 Å². The van der Waals surface area contributed by atoms with E-state index in [1.165, 1.54) is 11.8 Å². The summed E-state index contributed by atoms with van der Waals surface area (Å²) in [6, 6.07) is 0. The predicted molar refractivity (Wildman–Crippen MR) is 65.7 cm³/mol. The zero-order chi connectivity index (χ0) is 13.1. The summed E-state index contributed by atoms with van der Waals surface area (Å²) < 4.78 is 1.91. The van der Waals surface area contributed by atoms with Gasteiger partial charge in [0.15, 0.2) is 5.16 Å². The Morgan fingerprint density at radius 3 is 2.65 bits per heavy atom. The third kappa shape index (κ3) is 3.19. The standard InChI is InChI=1S/C10H18N4O2S/c1-4-14-7(5-11)12-13-9(14)17-6-10(2,3)8(15)16/h4-6,11H2,1-3H3,(H,15,16). The molecule has 1 aromatic rings. The first-order chi connectivity index (χ1) is 7.92. The molecule has 0 aromatic carbocycles. The van der Waals surface area contributed by atoms with Crippen molar-refractivity contribution in [3.63, 3.8) is 0 Å². The van der Waals surface area contributed by atoms with E-state index < -0.39 is 11.4 Å². The molecular weight excluding hydrogens is 240 g/mol. The number of nitrogens with zero attached hydrogens (tertiary/aromatic N) is 3. The van der Waals surface area contributed by atoms with Crippen molar-refractivity contribution in [1.82, 2.24) is 14.8 Å². The summed E-state index contributed by atoms with van der Waals surface area (Å²) in [7, 11) is 0. The number of carbonyl (C=O) groups is 1. The van der Waals surface area contributed by atoms with Crippen LogP contribution in [0.5, 0.6) is 0 Å². The van der Waals surface area contributed by atoms with Gasteiger partial charge in [0, 0.05) is 12.3 Å². The first kappa shape index (κ1) is 14.0. The fourth-order valence-corrected chi connectivity index (χ4v) is 2.30. The smallest absolute Gasteiger partial charge is 0.309 e. The molecule has 0 radical (unpaired) electrons. The highest BCUT2D eigenvalue weighted by Crippen LogP contribution is 2.27. The van der Waals surface area contributed by atoms with E-state index >= 15 is 0 Å². The van der Waals surface area contributed by atoms with Crippen LogP contribution in [0.4, 0.5) is 0 Å². The molecule has 1 heterocycles. The van der Waals surface area contributed by atoms with Crippen LogP contribution >= 0.6 is 11.8 Å². The molecule has 0 aliphatic rings. The molecule has 0 saturated carbocycles. The first-order valence-corrected chi connectivity index (χ1v) is 6.39. The maximum Gasteiger partial charge on any atom is 0.309 e. The molecule has 6 nitrogen and oxygen atoms in total. The number of hydrogen-bond donors (Lipinski definition) is 2. The highest BCUT2D eigenvalue weighted by molar-refractivity contribution is 7.99. The van der Waals surface area contributed by atoms with Crippen LogP contribution in [0.1, 0.15) is 26.6 Å². The summed E-state index contributed by atoms with van der Waals surface area (Å²) in [6.45, 7) is 6.44. The van der Waals surface area contributed by atoms with E-state index in [1.807, 2.05) is 11.5 Å². The molecule has 0 fully saturated rings. The van der Waals surface area contributed by atoms with E-state index in [0.717, 1.165) is 17.5 Å². The quantitative estimate of drug-likeness (QED) is 0.738. The van der Waals surface area contributed by atoms with Crippen LogP contribution in [0.3, 0.4) is 0 Å². The van der Waals surface area contributed by atoms with Gasteiger partial charge in [-0.3, -0.25) is 4.79 Å². The van der Waals surface area contributed by atoms with Crippen LogP contribution in [0, 0.1) is 5.41 Å². The van der Waals surface area contributed by atoms with Crippen LogP contribution in [-0.2, 0) is 17.9 Å². The minimum atomic E-state index is -0.813. The third-order valence-corrected chi connectivity index (χ3v) is 3.86. The molecule has 0 unspecified atom stereocenters. The molecule has 0 aliphatic heterocycles. The number of carboxylic acid groups (broad SMARTS) is 1. The molecule has 0 amide bonds. The molecule has 17 heavy (non-hydrogen) atoms. The summed E-state index contributed by atoms with van der Waals surface area (Å²) in [5.74, 6) is 0.361. The van der Waals surface area contributed by atoms with Gasteiger partial charge in [0.05, 0.1) is 12.0 Å². The van der Waals surface area contributed by atoms with Crippen LogP contribution in [0.15, 0.2) is 5.16 Å². The van der Waals surface area contributed by atoms with Crippen molar-refractivity contribution < 1.29 is 9.90 Å². The van der Waals surface area contributed by atoms with Gasteiger partial charge in [0.25, 0.3) is 0 Å². The average Bonchev–Trinajstić information content (AvgIpc) is 2.68. The zero-order valence-corrected chi connectivity index (χ0v) is 11.1. The Bertz CT molecular complexity index is 403. The largest absolute Gasteiger partial charge is 0.481 e. The SMILES string of the molecule is CCn1c(CN)nnc1SCC(C)(C)C(=O)O. The normalized spacial score (nSPS) is 11.8. The second-order valence-electron chi connectivity index (χ2n) is 4.32. The molecule has 96 valence electrons. The minimum Gasteiger partial charge on any atom is -0.481 e. The molecule has 0 saturated heterocycles. The van der Waals surface area contributed by atoms with Crippen molar-refractivity contribution in [2.45, 2.75) is 39.0 Å². The lowest BCUT2D eigenvalue weighted by atomic mass is 9.97. The number of aromatic nitrogens is 3. The predicted octanol–water partition coefficient (Wildman–Crippen LogP) is 0.960. The Morgan fingerprint density at radius 2 is 2.18 bits per heavy atom. The average molecular weight is 258 g/mol. The lowest BCUT2D eigenvalue weighted by Crippen LogP contribution is -2.26. The van der Waals surface area contributed by atoms with Gasteiger partial charge in [-0.05, 0) is 20.8 Å². The highest BCUT2D eigenvalue weighted by Gasteiger charge is 2.28. The number of thioether (sulfide) groups is 1. The van der Waals surface area contributed by atoms with Crippen molar-refractivity contribution in [1.29, 1.82) is 0 Å². The van der Waals surface area contributed by atoms with E-state index in [1.54, 1.807) is 13.8 Å². The fraction of sp³-hybridized carbons (Fsp3) is 0.700. The zero-order valence-electron chi connectivity index (χ0n) is 10.3.